The van der Waals surface area contributed by atoms with Crippen LogP contribution in [-0.2, 0) is 0 Å². The third-order valence-corrected chi connectivity index (χ3v) is 1.17. The molecule has 1 rings (SSSR count). The average Bonchev–Trinajstić information content (AvgIpc) is 2.04. The molecule has 2 nitrogen and oxygen atoms in total. The molecule has 1 heterocycles. The molecule has 0 spiro atoms. The van der Waals surface area contributed by atoms with E-state index in [1.54, 1.807) is 25.0 Å². The summed E-state index contributed by atoms with van der Waals surface area (Å²) in [5, 5.41) is 16.9. The van der Waals surface area contributed by atoms with E-state index in [9.17, 15) is 0 Å². The molecule has 0 fully saturated rings. The zero-order valence-electron chi connectivity index (χ0n) is 5.20. The van der Waals surface area contributed by atoms with E-state index >= 15 is 0 Å². The number of hydrogen-bond donors (Lipinski definition) is 0. The second-order valence-corrected chi connectivity index (χ2v) is 1.77. The number of rotatable bonds is 0. The molecule has 0 aromatic carbocycles. The normalized spacial score (nSPS) is 7.40. The van der Waals surface area contributed by atoms with Gasteiger partial charge in [0.2, 0.25) is 0 Å². The fraction of sp³-hybridized carbons (Fsp3) is 0. The van der Waals surface area contributed by atoms with Crippen LogP contribution in [0.1, 0.15) is 11.0 Å². The van der Waals surface area contributed by atoms with Crippen molar-refractivity contribution in [2.24, 2.45) is 0 Å². The standard InChI is InChI=1S/C7H3BN2/c9-4-6-2-1-3-8-7(6)5-10/h1-3H. The summed E-state index contributed by atoms with van der Waals surface area (Å²) in [6, 6.07) is 7.21. The molecular formula is C7H3BN2. The van der Waals surface area contributed by atoms with Crippen LogP contribution in [0.3, 0.4) is 0 Å². The molecule has 0 aliphatic rings. The summed E-state index contributed by atoms with van der Waals surface area (Å²) in [6.07, 6.45) is 0. The number of hydrogen-bond acceptors (Lipinski definition) is 2. The Labute approximate surface area is 59.5 Å². The van der Waals surface area contributed by atoms with E-state index in [0.717, 1.165) is 0 Å². The van der Waals surface area contributed by atoms with Gasteiger partial charge >= 0.3 is 58.7 Å². The first-order chi connectivity index (χ1) is 4.88. The van der Waals surface area contributed by atoms with Crippen LogP contribution in [0.15, 0.2) is 18.1 Å². The van der Waals surface area contributed by atoms with Gasteiger partial charge in [0.15, 0.2) is 0 Å². The van der Waals surface area contributed by atoms with Crippen LogP contribution < -0.4 is 0 Å². The van der Waals surface area contributed by atoms with Crippen LogP contribution >= 0.6 is 0 Å². The average molecular weight is 126 g/mol. The Balaban J connectivity index is 3.28. The van der Waals surface area contributed by atoms with Gasteiger partial charge in [0.25, 0.3) is 0 Å². The van der Waals surface area contributed by atoms with Gasteiger partial charge in [-0.3, -0.25) is 0 Å². The number of nitriles is 2. The SMILES string of the molecule is N#Cc1bcccc1C#N. The van der Waals surface area contributed by atoms with Crippen LogP contribution in [-0.4, -0.2) is 6.91 Å². The van der Waals surface area contributed by atoms with Crippen molar-refractivity contribution < 1.29 is 0 Å². The Kier molecular flexibility index (Phi) is 1.82. The van der Waals surface area contributed by atoms with Crippen LogP contribution in [0.5, 0.6) is 0 Å². The van der Waals surface area contributed by atoms with Crippen molar-refractivity contribution in [2.45, 2.75) is 0 Å². The molecule has 0 amide bonds. The van der Waals surface area contributed by atoms with Gasteiger partial charge in [-0.1, -0.05) is 0 Å². The molecule has 3 heteroatoms. The van der Waals surface area contributed by atoms with E-state index in [1.807, 2.05) is 12.1 Å². The Morgan fingerprint density at radius 1 is 1.30 bits per heavy atom. The second-order valence-electron chi connectivity index (χ2n) is 1.77. The van der Waals surface area contributed by atoms with Crippen LogP contribution in [0.4, 0.5) is 0 Å². The van der Waals surface area contributed by atoms with E-state index in [0.29, 0.717) is 11.0 Å². The van der Waals surface area contributed by atoms with E-state index in [-0.39, 0.29) is 0 Å². The maximum atomic E-state index is 8.45. The van der Waals surface area contributed by atoms with E-state index in [4.69, 9.17) is 10.5 Å². The zero-order chi connectivity index (χ0) is 7.40. The molecule has 0 saturated carbocycles. The third kappa shape index (κ3) is 1.04. The summed E-state index contributed by atoms with van der Waals surface area (Å²) < 4.78 is 0. The Bertz CT molecular complexity index is 286. The maximum absolute atomic E-state index is 8.45. The van der Waals surface area contributed by atoms with Crippen LogP contribution in [0, 0.1) is 22.7 Å². The summed E-state index contributed by atoms with van der Waals surface area (Å²) in [6.45, 7) is 1.62. The molecule has 0 radical (unpaired) electrons. The summed E-state index contributed by atoms with van der Waals surface area (Å²) in [5.74, 6) is 1.74. The van der Waals surface area contributed by atoms with Gasteiger partial charge in [-0.15, -0.1) is 0 Å². The number of nitrogens with zero attached hydrogens (tertiary/aromatic N) is 2. The van der Waals surface area contributed by atoms with Crippen molar-refractivity contribution in [3.63, 3.8) is 0 Å². The first-order valence-electron chi connectivity index (χ1n) is 2.77. The summed E-state index contributed by atoms with van der Waals surface area (Å²) >= 11 is 0. The van der Waals surface area contributed by atoms with Crippen LogP contribution in [0.25, 0.3) is 0 Å². The Hall–Kier alpha value is -1.61. The monoisotopic (exact) mass is 126 g/mol. The molecule has 0 bridgehead atoms. The molecule has 0 atom stereocenters. The molecule has 0 N–H and O–H groups in total. The zero-order valence-corrected chi connectivity index (χ0v) is 5.20. The molecule has 1 aromatic rings. The van der Waals surface area contributed by atoms with Crippen molar-refractivity contribution in [1.29, 1.82) is 10.5 Å². The van der Waals surface area contributed by atoms with Crippen molar-refractivity contribution >= 4 is 6.91 Å². The van der Waals surface area contributed by atoms with Gasteiger partial charge < -0.3 is 0 Å². The van der Waals surface area contributed by atoms with Crippen LogP contribution in [0.2, 0.25) is 0 Å². The molecule has 0 aliphatic heterocycles. The minimum absolute atomic E-state index is 0.435. The Morgan fingerprint density at radius 2 is 2.10 bits per heavy atom. The molecule has 10 heavy (non-hydrogen) atoms. The van der Waals surface area contributed by atoms with Gasteiger partial charge in [0.05, 0.1) is 0 Å². The van der Waals surface area contributed by atoms with Gasteiger partial charge in [-0.2, -0.15) is 0 Å². The molecule has 1 aromatic heterocycles. The molecule has 0 unspecified atom stereocenters. The van der Waals surface area contributed by atoms with Gasteiger partial charge in [-0.25, -0.2) is 0 Å². The molecule has 44 valence electrons. The van der Waals surface area contributed by atoms with E-state index in [2.05, 4.69) is 0 Å². The summed E-state index contributed by atoms with van der Waals surface area (Å²) in [5.41, 5.74) is 0.870. The topological polar surface area (TPSA) is 47.6 Å². The van der Waals surface area contributed by atoms with Crippen molar-refractivity contribution in [3.8, 4) is 12.1 Å². The van der Waals surface area contributed by atoms with E-state index < -0.39 is 0 Å². The molecule has 0 aliphatic carbocycles. The summed E-state index contributed by atoms with van der Waals surface area (Å²) in [4.78, 5) is 0. The van der Waals surface area contributed by atoms with Crippen molar-refractivity contribution in [2.75, 3.05) is 0 Å². The molecule has 0 saturated heterocycles. The first-order valence-corrected chi connectivity index (χ1v) is 2.77. The predicted molar refractivity (Wildman–Crippen MR) is 37.2 cm³/mol. The minimum atomic E-state index is 0.435. The van der Waals surface area contributed by atoms with Gasteiger partial charge in [0.1, 0.15) is 0 Å². The fourth-order valence-corrected chi connectivity index (χ4v) is 0.678. The second kappa shape index (κ2) is 2.80. The van der Waals surface area contributed by atoms with Crippen molar-refractivity contribution in [1.82, 2.24) is 0 Å². The third-order valence-electron chi connectivity index (χ3n) is 1.17. The fourth-order valence-electron chi connectivity index (χ4n) is 0.678. The van der Waals surface area contributed by atoms with Crippen molar-refractivity contribution in [3.05, 3.63) is 29.1 Å². The quantitative estimate of drug-likeness (QED) is 0.515. The molecular weight excluding hydrogens is 123 g/mol. The first kappa shape index (κ1) is 6.51. The predicted octanol–water partition coefficient (Wildman–Crippen LogP) is 0.768. The Morgan fingerprint density at radius 3 is 2.60 bits per heavy atom. The summed E-state index contributed by atoms with van der Waals surface area (Å²) in [7, 11) is 0. The van der Waals surface area contributed by atoms with E-state index in [1.165, 1.54) is 0 Å². The van der Waals surface area contributed by atoms with Gasteiger partial charge in [0, 0.05) is 0 Å². The van der Waals surface area contributed by atoms with Gasteiger partial charge in [-0.05, 0) is 0 Å².